The predicted molar refractivity (Wildman–Crippen MR) is 122 cm³/mol. The summed E-state index contributed by atoms with van der Waals surface area (Å²) in [5.74, 6) is -4.83. The molecule has 0 fully saturated rings. The zero-order valence-corrected chi connectivity index (χ0v) is 20.0. The Hall–Kier alpha value is -2.77. The van der Waals surface area contributed by atoms with Crippen LogP contribution in [-0.4, -0.2) is 81.8 Å². The number of unbranched alkanes of at least 4 members (excludes halogenated alkanes) is 1. The fourth-order valence-electron chi connectivity index (χ4n) is 3.06. The minimum absolute atomic E-state index is 0.0518. The number of carboxylic acids is 2. The van der Waals surface area contributed by atoms with Crippen molar-refractivity contribution in [3.05, 3.63) is 0 Å². The highest BCUT2D eigenvalue weighted by atomic mass is 16.4. The van der Waals surface area contributed by atoms with E-state index in [1.54, 1.807) is 13.8 Å². The van der Waals surface area contributed by atoms with Crippen molar-refractivity contribution in [1.29, 1.82) is 0 Å². The third-order valence-corrected chi connectivity index (χ3v) is 4.97. The Bertz CT molecular complexity index is 701. The van der Waals surface area contributed by atoms with Crippen LogP contribution in [0.5, 0.6) is 0 Å². The van der Waals surface area contributed by atoms with Gasteiger partial charge in [0, 0.05) is 6.42 Å². The van der Waals surface area contributed by atoms with Crippen LogP contribution in [0.1, 0.15) is 59.3 Å². The summed E-state index contributed by atoms with van der Waals surface area (Å²) in [4.78, 5) is 60.0. The first kappa shape index (κ1) is 31.2. The van der Waals surface area contributed by atoms with Gasteiger partial charge in [0.25, 0.3) is 0 Å². The van der Waals surface area contributed by atoms with Gasteiger partial charge in [-0.2, -0.15) is 0 Å². The fourth-order valence-corrected chi connectivity index (χ4v) is 3.06. The summed E-state index contributed by atoms with van der Waals surface area (Å²) < 4.78 is 0. The lowest BCUT2D eigenvalue weighted by atomic mass is 10.0. The molecule has 0 aliphatic rings. The van der Waals surface area contributed by atoms with E-state index in [0.29, 0.717) is 19.4 Å². The van der Waals surface area contributed by atoms with Crippen molar-refractivity contribution in [2.45, 2.75) is 89.6 Å². The normalized spacial score (nSPS) is 15.5. The van der Waals surface area contributed by atoms with Crippen LogP contribution in [-0.2, 0) is 24.0 Å². The first-order chi connectivity index (χ1) is 15.8. The van der Waals surface area contributed by atoms with Gasteiger partial charge in [-0.25, -0.2) is 4.79 Å². The first-order valence-corrected chi connectivity index (χ1v) is 11.3. The van der Waals surface area contributed by atoms with Crippen molar-refractivity contribution >= 4 is 29.7 Å². The Morgan fingerprint density at radius 3 is 1.88 bits per heavy atom. The maximum absolute atomic E-state index is 12.9. The molecule has 10 N–H and O–H groups in total. The second-order valence-corrected chi connectivity index (χ2v) is 8.64. The van der Waals surface area contributed by atoms with E-state index in [-0.39, 0.29) is 31.6 Å². The highest BCUT2D eigenvalue weighted by Gasteiger charge is 2.32. The van der Waals surface area contributed by atoms with Gasteiger partial charge < -0.3 is 42.7 Å². The van der Waals surface area contributed by atoms with Crippen molar-refractivity contribution in [1.82, 2.24) is 16.0 Å². The fraction of sp³-hybridized carbons (Fsp3) is 0.762. The van der Waals surface area contributed by atoms with Crippen LogP contribution in [0.3, 0.4) is 0 Å². The van der Waals surface area contributed by atoms with Gasteiger partial charge in [-0.1, -0.05) is 13.8 Å². The number of carbonyl (C=O) groups is 5. The lowest BCUT2D eigenvalue weighted by molar-refractivity contribution is -0.143. The molecule has 0 saturated carbocycles. The highest BCUT2D eigenvalue weighted by Crippen LogP contribution is 2.08. The van der Waals surface area contributed by atoms with E-state index in [0.717, 1.165) is 0 Å². The molecule has 0 saturated heterocycles. The van der Waals surface area contributed by atoms with Gasteiger partial charge in [-0.3, -0.25) is 19.2 Å². The number of nitrogens with one attached hydrogen (secondary N) is 3. The number of amides is 3. The molecule has 0 aliphatic heterocycles. The minimum Gasteiger partial charge on any atom is -0.481 e. The van der Waals surface area contributed by atoms with Crippen molar-refractivity contribution in [2.24, 2.45) is 17.4 Å². The molecule has 0 radical (unpaired) electrons. The number of hydrogen-bond donors (Lipinski definition) is 8. The molecule has 196 valence electrons. The van der Waals surface area contributed by atoms with Crippen molar-refractivity contribution in [3.63, 3.8) is 0 Å². The monoisotopic (exact) mass is 489 g/mol. The largest absolute Gasteiger partial charge is 0.481 e. The average Bonchev–Trinajstić information content (AvgIpc) is 2.73. The van der Waals surface area contributed by atoms with Crippen LogP contribution in [0.15, 0.2) is 0 Å². The summed E-state index contributed by atoms with van der Waals surface area (Å²) in [5, 5.41) is 35.3. The Morgan fingerprint density at radius 1 is 0.824 bits per heavy atom. The zero-order chi connectivity index (χ0) is 26.4. The maximum Gasteiger partial charge on any atom is 0.326 e. The van der Waals surface area contributed by atoms with Gasteiger partial charge >= 0.3 is 11.9 Å². The number of aliphatic hydroxyl groups excluding tert-OH is 1. The molecule has 34 heavy (non-hydrogen) atoms. The van der Waals surface area contributed by atoms with E-state index in [2.05, 4.69) is 16.0 Å². The molecule has 0 heterocycles. The van der Waals surface area contributed by atoms with Gasteiger partial charge in [0.2, 0.25) is 17.7 Å². The number of aliphatic carboxylic acids is 2. The van der Waals surface area contributed by atoms with E-state index in [1.807, 2.05) is 0 Å². The number of rotatable bonds is 17. The second kappa shape index (κ2) is 16.0. The maximum atomic E-state index is 12.9. The molecule has 0 aromatic rings. The number of carboxylic acid groups (broad SMARTS) is 2. The van der Waals surface area contributed by atoms with Gasteiger partial charge in [-0.15, -0.1) is 0 Å². The number of carbonyl (C=O) groups excluding carboxylic acids is 3. The molecule has 5 atom stereocenters. The highest BCUT2D eigenvalue weighted by molar-refractivity contribution is 5.94. The lowest BCUT2D eigenvalue weighted by Gasteiger charge is -2.27. The van der Waals surface area contributed by atoms with E-state index in [4.69, 9.17) is 16.6 Å². The standard InChI is InChI=1S/C21H39N5O8/c1-11(2)10-15(25-18(30)13(23)7-8-16(28)29)19(31)26-17(12(3)27)20(32)24-14(21(33)34)6-4-5-9-22/h11-15,17,27H,4-10,22-23H2,1-3H3,(H,24,32)(H,25,30)(H,26,31)(H,28,29)(H,33,34). The summed E-state index contributed by atoms with van der Waals surface area (Å²) in [6.07, 6.45) is -0.485. The molecule has 13 heteroatoms. The van der Waals surface area contributed by atoms with Gasteiger partial charge in [-0.05, 0) is 51.5 Å². The SMILES string of the molecule is CC(C)CC(NC(=O)C(N)CCC(=O)O)C(=O)NC(C(=O)NC(CCCCN)C(=O)O)C(C)O. The third-order valence-electron chi connectivity index (χ3n) is 4.97. The molecular formula is C21H39N5O8. The van der Waals surface area contributed by atoms with Crippen molar-refractivity contribution < 1.29 is 39.3 Å². The summed E-state index contributed by atoms with van der Waals surface area (Å²) in [5.41, 5.74) is 11.1. The Morgan fingerprint density at radius 2 is 1.41 bits per heavy atom. The molecule has 0 aromatic carbocycles. The second-order valence-electron chi connectivity index (χ2n) is 8.64. The molecule has 0 spiro atoms. The van der Waals surface area contributed by atoms with E-state index in [1.165, 1.54) is 6.92 Å². The summed E-state index contributed by atoms with van der Waals surface area (Å²) in [6, 6.07) is -4.97. The van der Waals surface area contributed by atoms with Crippen LogP contribution >= 0.6 is 0 Å². The average molecular weight is 490 g/mol. The molecule has 13 nitrogen and oxygen atoms in total. The van der Waals surface area contributed by atoms with Gasteiger partial charge in [0.1, 0.15) is 18.1 Å². The smallest absolute Gasteiger partial charge is 0.326 e. The lowest BCUT2D eigenvalue weighted by Crippen LogP contribution is -2.60. The molecule has 5 unspecified atom stereocenters. The predicted octanol–water partition coefficient (Wildman–Crippen LogP) is -1.73. The number of nitrogens with two attached hydrogens (primary N) is 2. The quantitative estimate of drug-likeness (QED) is 0.107. The van der Waals surface area contributed by atoms with Gasteiger partial charge in [0.15, 0.2) is 0 Å². The Kier molecular flexibility index (Phi) is 14.7. The molecule has 0 bridgehead atoms. The minimum atomic E-state index is -1.48. The van der Waals surface area contributed by atoms with Crippen LogP contribution in [0.25, 0.3) is 0 Å². The first-order valence-electron chi connectivity index (χ1n) is 11.3. The van der Waals surface area contributed by atoms with Crippen LogP contribution in [0.4, 0.5) is 0 Å². The van der Waals surface area contributed by atoms with Crippen molar-refractivity contribution in [3.8, 4) is 0 Å². The molecular weight excluding hydrogens is 450 g/mol. The summed E-state index contributed by atoms with van der Waals surface area (Å²) >= 11 is 0. The van der Waals surface area contributed by atoms with Crippen LogP contribution in [0.2, 0.25) is 0 Å². The van der Waals surface area contributed by atoms with Crippen LogP contribution < -0.4 is 27.4 Å². The van der Waals surface area contributed by atoms with E-state index < -0.39 is 59.9 Å². The summed E-state index contributed by atoms with van der Waals surface area (Å²) in [7, 11) is 0. The van der Waals surface area contributed by atoms with E-state index >= 15 is 0 Å². The van der Waals surface area contributed by atoms with Gasteiger partial charge in [0.05, 0.1) is 12.1 Å². The third kappa shape index (κ3) is 12.5. The topological polar surface area (TPSA) is 234 Å². The molecule has 0 aliphatic carbocycles. The number of hydrogen-bond acceptors (Lipinski definition) is 8. The Labute approximate surface area is 199 Å². The van der Waals surface area contributed by atoms with Crippen molar-refractivity contribution in [2.75, 3.05) is 6.54 Å². The molecule has 3 amide bonds. The Balaban J connectivity index is 5.35. The summed E-state index contributed by atoms with van der Waals surface area (Å²) in [6.45, 7) is 5.23. The number of aliphatic hydroxyl groups is 1. The molecule has 0 rings (SSSR count). The van der Waals surface area contributed by atoms with E-state index in [9.17, 15) is 34.2 Å². The zero-order valence-electron chi connectivity index (χ0n) is 20.0. The molecule has 0 aromatic heterocycles. The van der Waals surface area contributed by atoms with Crippen LogP contribution in [0, 0.1) is 5.92 Å².